The molecule has 2 fully saturated rings. The first-order chi connectivity index (χ1) is 9.67. The summed E-state index contributed by atoms with van der Waals surface area (Å²) in [6, 6.07) is 8.29. The van der Waals surface area contributed by atoms with Crippen molar-refractivity contribution in [1.82, 2.24) is 4.90 Å². The van der Waals surface area contributed by atoms with Crippen LogP contribution in [0.1, 0.15) is 55.8 Å². The monoisotopic (exact) mass is 273 g/mol. The van der Waals surface area contributed by atoms with Gasteiger partial charge in [0.2, 0.25) is 0 Å². The van der Waals surface area contributed by atoms with E-state index in [0.717, 1.165) is 12.1 Å². The molecule has 1 aliphatic heterocycles. The second kappa shape index (κ2) is 5.87. The lowest BCUT2D eigenvalue weighted by atomic mass is 9.77. The minimum Gasteiger partial charge on any atom is -0.387 e. The highest BCUT2D eigenvalue weighted by molar-refractivity contribution is 5.23. The highest BCUT2D eigenvalue weighted by atomic mass is 16.3. The number of nitrogens with zero attached hydrogens (tertiary/aromatic N) is 1. The molecule has 0 bridgehead atoms. The van der Waals surface area contributed by atoms with Crippen LogP contribution in [-0.2, 0) is 0 Å². The average molecular weight is 273 g/mol. The first-order valence-corrected chi connectivity index (χ1v) is 8.14. The van der Waals surface area contributed by atoms with E-state index in [1.807, 2.05) is 0 Å². The fourth-order valence-corrected chi connectivity index (χ4v) is 3.97. The number of piperidine rings is 1. The standard InChI is InChI=1S/C18H27NO/c1-15-4-6-16(7-5-15)17(20)14-19-12-10-18(11-13-19)8-2-3-9-18/h4-7,17,20H,2-3,8-14H2,1H3. The molecule has 2 nitrogen and oxygen atoms in total. The van der Waals surface area contributed by atoms with E-state index < -0.39 is 0 Å². The van der Waals surface area contributed by atoms with Gasteiger partial charge < -0.3 is 10.0 Å². The molecule has 1 atom stereocenters. The summed E-state index contributed by atoms with van der Waals surface area (Å²) in [5.41, 5.74) is 2.98. The van der Waals surface area contributed by atoms with Crippen LogP contribution in [-0.4, -0.2) is 29.6 Å². The van der Waals surface area contributed by atoms with Gasteiger partial charge in [-0.05, 0) is 56.7 Å². The van der Waals surface area contributed by atoms with E-state index in [9.17, 15) is 5.11 Å². The molecular formula is C18H27NO. The predicted octanol–water partition coefficient (Wildman–Crippen LogP) is 3.68. The summed E-state index contributed by atoms with van der Waals surface area (Å²) < 4.78 is 0. The Hall–Kier alpha value is -0.860. The van der Waals surface area contributed by atoms with Gasteiger partial charge in [0.05, 0.1) is 6.10 Å². The van der Waals surface area contributed by atoms with Crippen LogP contribution in [0.3, 0.4) is 0 Å². The molecular weight excluding hydrogens is 246 g/mol. The third-order valence-corrected chi connectivity index (χ3v) is 5.47. The maximum absolute atomic E-state index is 10.4. The van der Waals surface area contributed by atoms with Crippen LogP contribution in [0.4, 0.5) is 0 Å². The fraction of sp³-hybridized carbons (Fsp3) is 0.667. The molecule has 1 spiro atoms. The van der Waals surface area contributed by atoms with Gasteiger partial charge in [0.1, 0.15) is 0 Å². The van der Waals surface area contributed by atoms with Gasteiger partial charge in [-0.15, -0.1) is 0 Å². The highest BCUT2D eigenvalue weighted by Gasteiger charge is 2.37. The van der Waals surface area contributed by atoms with Gasteiger partial charge in [0, 0.05) is 6.54 Å². The Morgan fingerprint density at radius 1 is 1.05 bits per heavy atom. The van der Waals surface area contributed by atoms with Crippen molar-refractivity contribution in [2.24, 2.45) is 5.41 Å². The number of hydrogen-bond donors (Lipinski definition) is 1. The number of aryl methyl sites for hydroxylation is 1. The molecule has 1 aliphatic carbocycles. The minimum absolute atomic E-state index is 0.340. The van der Waals surface area contributed by atoms with Crippen molar-refractivity contribution < 1.29 is 5.11 Å². The van der Waals surface area contributed by atoms with E-state index in [4.69, 9.17) is 0 Å². The third kappa shape index (κ3) is 3.07. The number of hydrogen-bond acceptors (Lipinski definition) is 2. The lowest BCUT2D eigenvalue weighted by Crippen LogP contribution is -2.40. The average Bonchev–Trinajstić information content (AvgIpc) is 2.91. The lowest BCUT2D eigenvalue weighted by molar-refractivity contribution is 0.0596. The lowest BCUT2D eigenvalue weighted by Gasteiger charge is -2.40. The molecule has 3 rings (SSSR count). The van der Waals surface area contributed by atoms with E-state index >= 15 is 0 Å². The molecule has 1 saturated carbocycles. The van der Waals surface area contributed by atoms with E-state index in [-0.39, 0.29) is 6.10 Å². The van der Waals surface area contributed by atoms with Crippen molar-refractivity contribution >= 4 is 0 Å². The molecule has 0 amide bonds. The summed E-state index contributed by atoms with van der Waals surface area (Å²) in [5, 5.41) is 10.4. The van der Waals surface area contributed by atoms with Crippen molar-refractivity contribution in [2.75, 3.05) is 19.6 Å². The Balaban J connectivity index is 1.52. The Morgan fingerprint density at radius 3 is 2.25 bits per heavy atom. The van der Waals surface area contributed by atoms with Crippen molar-refractivity contribution in [2.45, 2.75) is 51.6 Å². The van der Waals surface area contributed by atoms with E-state index in [1.165, 1.54) is 57.2 Å². The van der Waals surface area contributed by atoms with Crippen LogP contribution >= 0.6 is 0 Å². The second-order valence-corrected chi connectivity index (χ2v) is 6.93. The molecule has 1 N–H and O–H groups in total. The maximum atomic E-state index is 10.4. The number of aliphatic hydroxyl groups excluding tert-OH is 1. The topological polar surface area (TPSA) is 23.5 Å². The molecule has 0 aromatic heterocycles. The Labute approximate surface area is 122 Å². The summed E-state index contributed by atoms with van der Waals surface area (Å²) in [5.74, 6) is 0. The number of rotatable bonds is 3. The Morgan fingerprint density at radius 2 is 1.65 bits per heavy atom. The maximum Gasteiger partial charge on any atom is 0.0916 e. The van der Waals surface area contributed by atoms with Gasteiger partial charge >= 0.3 is 0 Å². The van der Waals surface area contributed by atoms with Crippen molar-refractivity contribution in [1.29, 1.82) is 0 Å². The molecule has 2 heteroatoms. The van der Waals surface area contributed by atoms with Crippen LogP contribution in [0.5, 0.6) is 0 Å². The Bertz CT molecular complexity index is 423. The summed E-state index contributed by atoms with van der Waals surface area (Å²) in [4.78, 5) is 2.45. The molecule has 0 radical (unpaired) electrons. The zero-order valence-electron chi connectivity index (χ0n) is 12.6. The zero-order chi connectivity index (χ0) is 14.0. The predicted molar refractivity (Wildman–Crippen MR) is 82.7 cm³/mol. The molecule has 110 valence electrons. The quantitative estimate of drug-likeness (QED) is 0.908. The van der Waals surface area contributed by atoms with Crippen LogP contribution in [0, 0.1) is 12.3 Å². The fourth-order valence-electron chi connectivity index (χ4n) is 3.97. The summed E-state index contributed by atoms with van der Waals surface area (Å²) in [6.45, 7) is 5.22. The van der Waals surface area contributed by atoms with Crippen LogP contribution in [0.2, 0.25) is 0 Å². The summed E-state index contributed by atoms with van der Waals surface area (Å²) in [7, 11) is 0. The molecule has 1 aromatic carbocycles. The number of β-amino-alcohol motifs (C(OH)–C–C–N with tert-alkyl or cyclic N) is 1. The zero-order valence-corrected chi connectivity index (χ0v) is 12.6. The summed E-state index contributed by atoms with van der Waals surface area (Å²) in [6.07, 6.45) is 8.11. The summed E-state index contributed by atoms with van der Waals surface area (Å²) >= 11 is 0. The normalized spacial score (nSPS) is 24.1. The van der Waals surface area contributed by atoms with Gasteiger partial charge in [-0.3, -0.25) is 0 Å². The van der Waals surface area contributed by atoms with Crippen LogP contribution in [0.15, 0.2) is 24.3 Å². The Kier molecular flexibility index (Phi) is 4.13. The molecule has 20 heavy (non-hydrogen) atoms. The van der Waals surface area contributed by atoms with Gasteiger partial charge in [-0.2, -0.15) is 0 Å². The smallest absolute Gasteiger partial charge is 0.0916 e. The molecule has 1 unspecified atom stereocenters. The van der Waals surface area contributed by atoms with Crippen LogP contribution < -0.4 is 0 Å². The molecule has 1 heterocycles. The van der Waals surface area contributed by atoms with Gasteiger partial charge in [0.15, 0.2) is 0 Å². The number of likely N-dealkylation sites (tertiary alicyclic amines) is 1. The van der Waals surface area contributed by atoms with Crippen LogP contribution in [0.25, 0.3) is 0 Å². The second-order valence-electron chi connectivity index (χ2n) is 6.93. The molecule has 2 aliphatic rings. The van der Waals surface area contributed by atoms with Crippen molar-refractivity contribution in [3.63, 3.8) is 0 Å². The van der Waals surface area contributed by atoms with E-state index in [2.05, 4.69) is 36.1 Å². The largest absolute Gasteiger partial charge is 0.387 e. The minimum atomic E-state index is -0.340. The third-order valence-electron chi connectivity index (χ3n) is 5.47. The number of aliphatic hydroxyl groups is 1. The van der Waals surface area contributed by atoms with Gasteiger partial charge in [-0.1, -0.05) is 42.7 Å². The molecule has 1 saturated heterocycles. The van der Waals surface area contributed by atoms with Crippen molar-refractivity contribution in [3.8, 4) is 0 Å². The molecule has 1 aromatic rings. The first-order valence-electron chi connectivity index (χ1n) is 8.14. The highest BCUT2D eigenvalue weighted by Crippen LogP contribution is 2.46. The SMILES string of the molecule is Cc1ccc(C(O)CN2CCC3(CCCC3)CC2)cc1. The first kappa shape index (κ1) is 14.1. The number of benzene rings is 1. The van der Waals surface area contributed by atoms with Crippen molar-refractivity contribution in [3.05, 3.63) is 35.4 Å². The van der Waals surface area contributed by atoms with Gasteiger partial charge in [0.25, 0.3) is 0 Å². The van der Waals surface area contributed by atoms with E-state index in [0.29, 0.717) is 5.41 Å². The van der Waals surface area contributed by atoms with E-state index in [1.54, 1.807) is 0 Å². The van der Waals surface area contributed by atoms with Gasteiger partial charge in [-0.25, -0.2) is 0 Å².